The lowest BCUT2D eigenvalue weighted by molar-refractivity contribution is 0.0645. The highest BCUT2D eigenvalue weighted by Gasteiger charge is 2.22. The molecule has 0 aliphatic rings. The Kier molecular flexibility index (Phi) is 3.99. The molecule has 0 unspecified atom stereocenters. The van der Waals surface area contributed by atoms with Crippen molar-refractivity contribution in [3.63, 3.8) is 0 Å². The first kappa shape index (κ1) is 13.4. The summed E-state index contributed by atoms with van der Waals surface area (Å²) in [6, 6.07) is 5.28. The number of benzene rings is 1. The number of hydrogen-bond acceptors (Lipinski definition) is 3. The van der Waals surface area contributed by atoms with Crippen molar-refractivity contribution < 1.29 is 4.79 Å². The summed E-state index contributed by atoms with van der Waals surface area (Å²) >= 11 is 0. The standard InChI is InChI=1S/C13H21N3O/c1-8(2)16(9(3)4)13(17)11-6-5-10(14)7-12(11)15/h5-9H,14-15H2,1-4H3. The van der Waals surface area contributed by atoms with Gasteiger partial charge in [0.05, 0.1) is 5.56 Å². The molecule has 0 aliphatic carbocycles. The summed E-state index contributed by atoms with van der Waals surface area (Å²) in [5.41, 5.74) is 13.0. The molecule has 0 heterocycles. The first-order chi connectivity index (χ1) is 7.84. The molecule has 1 amide bonds. The minimum atomic E-state index is -0.0486. The normalized spacial score (nSPS) is 10.9. The summed E-state index contributed by atoms with van der Waals surface area (Å²) in [5, 5.41) is 0. The average Bonchev–Trinajstić information content (AvgIpc) is 2.15. The van der Waals surface area contributed by atoms with Crippen molar-refractivity contribution in [1.82, 2.24) is 4.90 Å². The molecule has 17 heavy (non-hydrogen) atoms. The smallest absolute Gasteiger partial charge is 0.256 e. The molecule has 0 fully saturated rings. The fourth-order valence-electron chi connectivity index (χ4n) is 1.98. The number of rotatable bonds is 3. The molecule has 4 nitrogen and oxygen atoms in total. The van der Waals surface area contributed by atoms with Crippen LogP contribution in [-0.4, -0.2) is 22.9 Å². The monoisotopic (exact) mass is 235 g/mol. The van der Waals surface area contributed by atoms with E-state index in [4.69, 9.17) is 11.5 Å². The van der Waals surface area contributed by atoms with Crippen LogP contribution in [0.5, 0.6) is 0 Å². The molecule has 1 aromatic carbocycles. The highest BCUT2D eigenvalue weighted by atomic mass is 16.2. The van der Waals surface area contributed by atoms with Crippen LogP contribution >= 0.6 is 0 Å². The fraction of sp³-hybridized carbons (Fsp3) is 0.462. The van der Waals surface area contributed by atoms with Crippen LogP contribution in [0.25, 0.3) is 0 Å². The van der Waals surface area contributed by atoms with Crippen molar-refractivity contribution in [2.45, 2.75) is 39.8 Å². The van der Waals surface area contributed by atoms with E-state index in [1.54, 1.807) is 18.2 Å². The molecule has 0 radical (unpaired) electrons. The highest BCUT2D eigenvalue weighted by Crippen LogP contribution is 2.20. The third-order valence-corrected chi connectivity index (χ3v) is 2.65. The van der Waals surface area contributed by atoms with Gasteiger partial charge in [0, 0.05) is 23.5 Å². The lowest BCUT2D eigenvalue weighted by atomic mass is 10.1. The van der Waals surface area contributed by atoms with E-state index >= 15 is 0 Å². The van der Waals surface area contributed by atoms with Crippen molar-refractivity contribution >= 4 is 17.3 Å². The molecule has 0 aliphatic heterocycles. The molecule has 4 N–H and O–H groups in total. The van der Waals surface area contributed by atoms with E-state index in [0.717, 1.165) is 0 Å². The Morgan fingerprint density at radius 1 is 1.12 bits per heavy atom. The van der Waals surface area contributed by atoms with E-state index in [2.05, 4.69) is 0 Å². The van der Waals surface area contributed by atoms with Gasteiger partial charge in [-0.1, -0.05) is 0 Å². The molecule has 0 bridgehead atoms. The Hall–Kier alpha value is -1.71. The summed E-state index contributed by atoms with van der Waals surface area (Å²) < 4.78 is 0. The first-order valence-electron chi connectivity index (χ1n) is 5.82. The number of amides is 1. The number of nitrogen functional groups attached to an aromatic ring is 2. The summed E-state index contributed by atoms with van der Waals surface area (Å²) in [5.74, 6) is -0.0486. The minimum Gasteiger partial charge on any atom is -0.399 e. The third-order valence-electron chi connectivity index (χ3n) is 2.65. The lowest BCUT2D eigenvalue weighted by Gasteiger charge is -2.31. The van der Waals surface area contributed by atoms with Gasteiger partial charge in [0.1, 0.15) is 0 Å². The van der Waals surface area contributed by atoms with E-state index in [-0.39, 0.29) is 18.0 Å². The molecular formula is C13H21N3O. The van der Waals surface area contributed by atoms with Gasteiger partial charge in [-0.2, -0.15) is 0 Å². The second kappa shape index (κ2) is 5.08. The largest absolute Gasteiger partial charge is 0.399 e. The SMILES string of the molecule is CC(C)N(C(=O)c1ccc(N)cc1N)C(C)C. The lowest BCUT2D eigenvalue weighted by Crippen LogP contribution is -2.42. The number of carbonyl (C=O) groups excluding carboxylic acids is 1. The topological polar surface area (TPSA) is 72.3 Å². The molecular weight excluding hydrogens is 214 g/mol. The molecule has 94 valence electrons. The number of nitrogens with two attached hydrogens (primary N) is 2. The van der Waals surface area contributed by atoms with Gasteiger partial charge in [0.2, 0.25) is 0 Å². The van der Waals surface area contributed by atoms with E-state index in [1.165, 1.54) is 0 Å². The second-order valence-corrected chi connectivity index (χ2v) is 4.75. The number of anilines is 2. The fourth-order valence-corrected chi connectivity index (χ4v) is 1.98. The first-order valence-corrected chi connectivity index (χ1v) is 5.82. The van der Waals surface area contributed by atoms with Gasteiger partial charge in [0.25, 0.3) is 5.91 Å². The van der Waals surface area contributed by atoms with Gasteiger partial charge in [-0.25, -0.2) is 0 Å². The molecule has 0 atom stereocenters. The second-order valence-electron chi connectivity index (χ2n) is 4.75. The summed E-state index contributed by atoms with van der Waals surface area (Å²) in [6.07, 6.45) is 0. The minimum absolute atomic E-state index is 0.0486. The number of carbonyl (C=O) groups is 1. The third kappa shape index (κ3) is 2.90. The van der Waals surface area contributed by atoms with Gasteiger partial charge in [0.15, 0.2) is 0 Å². The summed E-state index contributed by atoms with van der Waals surface area (Å²) in [6.45, 7) is 7.97. The highest BCUT2D eigenvalue weighted by molar-refractivity contribution is 6.00. The van der Waals surface area contributed by atoms with E-state index in [0.29, 0.717) is 16.9 Å². The zero-order valence-electron chi connectivity index (χ0n) is 10.9. The maximum Gasteiger partial charge on any atom is 0.256 e. The Labute approximate surface area is 103 Å². The van der Waals surface area contributed by atoms with Gasteiger partial charge < -0.3 is 16.4 Å². The Bertz CT molecular complexity index is 405. The number of nitrogens with zero attached hydrogens (tertiary/aromatic N) is 1. The van der Waals surface area contributed by atoms with Crippen LogP contribution in [-0.2, 0) is 0 Å². The van der Waals surface area contributed by atoms with Crippen LogP contribution in [0.4, 0.5) is 11.4 Å². The van der Waals surface area contributed by atoms with Crippen LogP contribution in [0.3, 0.4) is 0 Å². The van der Waals surface area contributed by atoms with Crippen molar-refractivity contribution in [1.29, 1.82) is 0 Å². The Morgan fingerprint density at radius 3 is 2.06 bits per heavy atom. The van der Waals surface area contributed by atoms with Crippen LogP contribution in [0, 0.1) is 0 Å². The van der Waals surface area contributed by atoms with Crippen molar-refractivity contribution in [3.8, 4) is 0 Å². The average molecular weight is 235 g/mol. The molecule has 0 saturated heterocycles. The van der Waals surface area contributed by atoms with Crippen molar-refractivity contribution in [3.05, 3.63) is 23.8 Å². The molecule has 1 rings (SSSR count). The molecule has 0 spiro atoms. The quantitative estimate of drug-likeness (QED) is 0.788. The van der Waals surface area contributed by atoms with E-state index < -0.39 is 0 Å². The van der Waals surface area contributed by atoms with E-state index in [9.17, 15) is 4.79 Å². The summed E-state index contributed by atoms with van der Waals surface area (Å²) in [7, 11) is 0. The van der Waals surface area contributed by atoms with Crippen LogP contribution < -0.4 is 11.5 Å². The van der Waals surface area contributed by atoms with E-state index in [1.807, 2.05) is 32.6 Å². The predicted molar refractivity (Wildman–Crippen MR) is 71.7 cm³/mol. The van der Waals surface area contributed by atoms with Gasteiger partial charge in [-0.3, -0.25) is 4.79 Å². The number of hydrogen-bond donors (Lipinski definition) is 2. The molecule has 4 heteroatoms. The van der Waals surface area contributed by atoms with Crippen LogP contribution in [0.2, 0.25) is 0 Å². The van der Waals surface area contributed by atoms with Crippen LogP contribution in [0.1, 0.15) is 38.1 Å². The van der Waals surface area contributed by atoms with Gasteiger partial charge >= 0.3 is 0 Å². The molecule has 0 saturated carbocycles. The van der Waals surface area contributed by atoms with Gasteiger partial charge in [-0.05, 0) is 45.9 Å². The van der Waals surface area contributed by atoms with Crippen LogP contribution in [0.15, 0.2) is 18.2 Å². The van der Waals surface area contributed by atoms with Crippen molar-refractivity contribution in [2.75, 3.05) is 11.5 Å². The maximum atomic E-state index is 12.4. The predicted octanol–water partition coefficient (Wildman–Crippen LogP) is 2.11. The molecule has 1 aromatic rings. The zero-order valence-corrected chi connectivity index (χ0v) is 10.9. The molecule has 0 aromatic heterocycles. The maximum absolute atomic E-state index is 12.4. The van der Waals surface area contributed by atoms with Crippen molar-refractivity contribution in [2.24, 2.45) is 0 Å². The Morgan fingerprint density at radius 2 is 1.65 bits per heavy atom. The van der Waals surface area contributed by atoms with Gasteiger partial charge in [-0.15, -0.1) is 0 Å². The Balaban J connectivity index is 3.10. The summed E-state index contributed by atoms with van der Waals surface area (Å²) in [4.78, 5) is 14.2. The zero-order chi connectivity index (χ0) is 13.2.